The van der Waals surface area contributed by atoms with Crippen LogP contribution in [0.5, 0.6) is 0 Å². The summed E-state index contributed by atoms with van der Waals surface area (Å²) in [7, 11) is 0. The summed E-state index contributed by atoms with van der Waals surface area (Å²) in [4.78, 5) is 26.9. The lowest BCUT2D eigenvalue weighted by Gasteiger charge is -2.03. The summed E-state index contributed by atoms with van der Waals surface area (Å²) in [6.07, 6.45) is 1.36. The number of rotatable bonds is 3. The first-order valence-corrected chi connectivity index (χ1v) is 6.42. The number of H-pyrrole nitrogens is 1. The maximum atomic E-state index is 13.3. The van der Waals surface area contributed by atoms with E-state index in [4.69, 9.17) is 0 Å². The Morgan fingerprint density at radius 3 is 2.36 bits per heavy atom. The van der Waals surface area contributed by atoms with Crippen LogP contribution >= 0.6 is 0 Å². The summed E-state index contributed by atoms with van der Waals surface area (Å²) >= 11 is 0. The maximum absolute atomic E-state index is 13.3. The molecule has 3 rings (SSSR count). The predicted octanol–water partition coefficient (Wildman–Crippen LogP) is 3.27. The Bertz CT molecular complexity index is 869. The van der Waals surface area contributed by atoms with E-state index in [0.717, 1.165) is 0 Å². The van der Waals surface area contributed by atoms with Gasteiger partial charge in [-0.15, -0.1) is 0 Å². The minimum Gasteiger partial charge on any atom is -0.360 e. The van der Waals surface area contributed by atoms with Crippen molar-refractivity contribution in [3.63, 3.8) is 0 Å². The highest BCUT2D eigenvalue weighted by atomic mass is 19.1. The molecule has 0 bridgehead atoms. The zero-order valence-corrected chi connectivity index (χ0v) is 11.2. The van der Waals surface area contributed by atoms with Gasteiger partial charge >= 0.3 is 0 Å². The minimum absolute atomic E-state index is 0.0779. The lowest BCUT2D eigenvalue weighted by atomic mass is 10.1. The van der Waals surface area contributed by atoms with Crippen molar-refractivity contribution in [3.8, 4) is 0 Å². The number of aromatic amines is 1. The van der Waals surface area contributed by atoms with Gasteiger partial charge in [0.1, 0.15) is 11.6 Å². The quantitative estimate of drug-likeness (QED) is 0.576. The zero-order chi connectivity index (χ0) is 15.7. The molecule has 2 aromatic carbocycles. The third-order valence-corrected chi connectivity index (χ3v) is 3.20. The molecule has 0 saturated carbocycles. The Morgan fingerprint density at radius 2 is 1.64 bits per heavy atom. The van der Waals surface area contributed by atoms with Gasteiger partial charge < -0.3 is 10.3 Å². The molecule has 1 amide bonds. The summed E-state index contributed by atoms with van der Waals surface area (Å²) in [5, 5.41) is 2.71. The van der Waals surface area contributed by atoms with Crippen LogP contribution in [0.2, 0.25) is 0 Å². The Kier molecular flexibility index (Phi) is 3.42. The van der Waals surface area contributed by atoms with Gasteiger partial charge in [-0.2, -0.15) is 0 Å². The van der Waals surface area contributed by atoms with Crippen LogP contribution in [0.25, 0.3) is 10.9 Å². The molecule has 0 saturated heterocycles. The lowest BCUT2D eigenvalue weighted by molar-refractivity contribution is -0.112. The molecule has 0 spiro atoms. The number of ketones is 1. The van der Waals surface area contributed by atoms with Gasteiger partial charge in [-0.1, -0.05) is 0 Å². The van der Waals surface area contributed by atoms with E-state index in [1.165, 1.54) is 48.7 Å². The molecule has 22 heavy (non-hydrogen) atoms. The summed E-state index contributed by atoms with van der Waals surface area (Å²) in [6, 6.07) is 8.95. The van der Waals surface area contributed by atoms with Gasteiger partial charge in [-0.3, -0.25) is 9.59 Å². The second-order valence-electron chi connectivity index (χ2n) is 4.68. The summed E-state index contributed by atoms with van der Waals surface area (Å²) < 4.78 is 26.1. The van der Waals surface area contributed by atoms with Crippen LogP contribution in [-0.2, 0) is 4.79 Å². The molecule has 2 N–H and O–H groups in total. The molecule has 0 fully saturated rings. The van der Waals surface area contributed by atoms with Gasteiger partial charge in [-0.05, 0) is 42.5 Å². The van der Waals surface area contributed by atoms with Crippen molar-refractivity contribution in [1.29, 1.82) is 0 Å². The number of carbonyl (C=O) groups is 2. The highest BCUT2D eigenvalue weighted by Gasteiger charge is 2.20. The molecule has 110 valence electrons. The Morgan fingerprint density at radius 1 is 0.955 bits per heavy atom. The first-order valence-electron chi connectivity index (χ1n) is 6.42. The van der Waals surface area contributed by atoms with Gasteiger partial charge in [0.05, 0.1) is 5.56 Å². The van der Waals surface area contributed by atoms with Crippen molar-refractivity contribution < 1.29 is 18.4 Å². The molecular formula is C16H10F2N2O2. The number of halogens is 2. The van der Waals surface area contributed by atoms with E-state index in [2.05, 4.69) is 10.3 Å². The fourth-order valence-electron chi connectivity index (χ4n) is 2.12. The zero-order valence-electron chi connectivity index (χ0n) is 11.2. The average molecular weight is 300 g/mol. The number of amides is 1. The second kappa shape index (κ2) is 5.40. The van der Waals surface area contributed by atoms with Crippen molar-refractivity contribution in [3.05, 3.63) is 65.9 Å². The summed E-state index contributed by atoms with van der Waals surface area (Å²) in [5.41, 5.74) is 0.930. The fraction of sp³-hybridized carbons (Fsp3) is 0. The first-order chi connectivity index (χ1) is 10.5. The molecule has 0 unspecified atom stereocenters. The van der Waals surface area contributed by atoms with E-state index in [1.807, 2.05) is 0 Å². The number of benzene rings is 2. The molecule has 3 aromatic rings. The number of anilines is 1. The highest BCUT2D eigenvalue weighted by molar-refractivity contribution is 6.48. The SMILES string of the molecule is O=C(Nc1ccc(F)cc1)C(=O)c1c[nH]c2ccc(F)cc12. The number of fused-ring (bicyclic) bond motifs is 1. The van der Waals surface area contributed by atoms with Crippen LogP contribution < -0.4 is 5.32 Å². The van der Waals surface area contributed by atoms with Crippen molar-refractivity contribution in [2.24, 2.45) is 0 Å². The Labute approximate surface area is 123 Å². The molecule has 6 heteroatoms. The third kappa shape index (κ3) is 2.58. The van der Waals surface area contributed by atoms with E-state index in [-0.39, 0.29) is 5.56 Å². The molecule has 0 aliphatic rings. The van der Waals surface area contributed by atoms with Crippen LogP contribution in [0.4, 0.5) is 14.5 Å². The van der Waals surface area contributed by atoms with E-state index in [9.17, 15) is 18.4 Å². The number of Topliss-reactive ketones (excluding diaryl/α,β-unsaturated/α-hetero) is 1. The highest BCUT2D eigenvalue weighted by Crippen LogP contribution is 2.20. The second-order valence-corrected chi connectivity index (χ2v) is 4.68. The summed E-state index contributed by atoms with van der Waals surface area (Å²) in [6.45, 7) is 0. The molecule has 0 aliphatic carbocycles. The molecule has 0 aliphatic heterocycles. The standard InChI is InChI=1S/C16H10F2N2O2/c17-9-1-4-11(5-2-9)20-16(22)15(21)13-8-19-14-6-3-10(18)7-12(13)14/h1-8,19H,(H,20,22). The van der Waals surface area contributed by atoms with Gasteiger partial charge in [0.25, 0.3) is 11.7 Å². The fourth-order valence-corrected chi connectivity index (χ4v) is 2.12. The maximum Gasteiger partial charge on any atom is 0.296 e. The monoisotopic (exact) mass is 300 g/mol. The number of hydrogen-bond acceptors (Lipinski definition) is 2. The Hall–Kier alpha value is -3.02. The minimum atomic E-state index is -0.878. The van der Waals surface area contributed by atoms with Gasteiger partial charge in [-0.25, -0.2) is 8.78 Å². The molecule has 1 heterocycles. The van der Waals surface area contributed by atoms with Gasteiger partial charge in [0.15, 0.2) is 0 Å². The van der Waals surface area contributed by atoms with Gasteiger partial charge in [0.2, 0.25) is 0 Å². The number of hydrogen-bond donors (Lipinski definition) is 2. The van der Waals surface area contributed by atoms with E-state index < -0.39 is 23.3 Å². The van der Waals surface area contributed by atoms with Crippen molar-refractivity contribution in [1.82, 2.24) is 4.98 Å². The van der Waals surface area contributed by atoms with E-state index >= 15 is 0 Å². The topological polar surface area (TPSA) is 62.0 Å². The number of carbonyl (C=O) groups excluding carboxylic acids is 2. The summed E-state index contributed by atoms with van der Waals surface area (Å²) in [5.74, 6) is -2.63. The smallest absolute Gasteiger partial charge is 0.296 e. The third-order valence-electron chi connectivity index (χ3n) is 3.20. The lowest BCUT2D eigenvalue weighted by Crippen LogP contribution is -2.22. The van der Waals surface area contributed by atoms with Crippen molar-refractivity contribution in [2.45, 2.75) is 0 Å². The van der Waals surface area contributed by atoms with Gasteiger partial charge in [0, 0.05) is 22.8 Å². The normalized spacial score (nSPS) is 10.6. The molecule has 4 nitrogen and oxygen atoms in total. The number of aromatic nitrogens is 1. The van der Waals surface area contributed by atoms with Crippen LogP contribution in [-0.4, -0.2) is 16.7 Å². The molecular weight excluding hydrogens is 290 g/mol. The average Bonchev–Trinajstić information content (AvgIpc) is 2.91. The van der Waals surface area contributed by atoms with E-state index in [0.29, 0.717) is 16.6 Å². The van der Waals surface area contributed by atoms with Crippen LogP contribution in [0.3, 0.4) is 0 Å². The Balaban J connectivity index is 1.87. The number of nitrogens with one attached hydrogen (secondary N) is 2. The molecule has 1 aromatic heterocycles. The van der Waals surface area contributed by atoms with Crippen molar-refractivity contribution in [2.75, 3.05) is 5.32 Å². The van der Waals surface area contributed by atoms with Crippen LogP contribution in [0, 0.1) is 11.6 Å². The largest absolute Gasteiger partial charge is 0.360 e. The van der Waals surface area contributed by atoms with Crippen LogP contribution in [0.15, 0.2) is 48.7 Å². The van der Waals surface area contributed by atoms with Crippen molar-refractivity contribution >= 4 is 28.3 Å². The molecule has 0 atom stereocenters. The van der Waals surface area contributed by atoms with E-state index in [1.54, 1.807) is 0 Å². The first kappa shape index (κ1) is 13.9. The van der Waals surface area contributed by atoms with Crippen LogP contribution in [0.1, 0.15) is 10.4 Å². The predicted molar refractivity (Wildman–Crippen MR) is 77.6 cm³/mol. The molecule has 0 radical (unpaired) electrons.